The Labute approximate surface area is 188 Å². The van der Waals surface area contributed by atoms with Crippen LogP contribution < -0.4 is 15.4 Å². The summed E-state index contributed by atoms with van der Waals surface area (Å²) in [5.74, 6) is -1.75. The monoisotopic (exact) mass is 470 g/mol. The molecule has 2 aromatic carbocycles. The highest BCUT2D eigenvalue weighted by atomic mass is 35.5. The zero-order valence-electron chi connectivity index (χ0n) is 16.4. The van der Waals surface area contributed by atoms with E-state index in [2.05, 4.69) is 10.6 Å². The molecule has 10 heteroatoms. The van der Waals surface area contributed by atoms with Crippen molar-refractivity contribution in [1.29, 1.82) is 0 Å². The van der Waals surface area contributed by atoms with Gasteiger partial charge < -0.3 is 20.5 Å². The van der Waals surface area contributed by atoms with Gasteiger partial charge in [-0.05, 0) is 42.8 Å². The zero-order valence-corrected chi connectivity index (χ0v) is 17.9. The van der Waals surface area contributed by atoms with Crippen LogP contribution >= 0.6 is 23.2 Å². The molecule has 0 spiro atoms. The second-order valence-electron chi connectivity index (χ2n) is 6.57. The summed E-state index contributed by atoms with van der Waals surface area (Å²) in [6.45, 7) is -0.438. The first-order valence-electron chi connectivity index (χ1n) is 9.32. The van der Waals surface area contributed by atoms with Crippen LogP contribution in [0.2, 0.25) is 10.0 Å². The van der Waals surface area contributed by atoms with E-state index < -0.39 is 23.7 Å². The molecule has 0 aliphatic carbocycles. The Hall–Kier alpha value is -2.68. The Morgan fingerprint density at radius 3 is 2.42 bits per heavy atom. The summed E-state index contributed by atoms with van der Waals surface area (Å²) in [5.41, 5.74) is 0.413. The van der Waals surface area contributed by atoms with Gasteiger partial charge in [0.2, 0.25) is 5.91 Å². The summed E-state index contributed by atoms with van der Waals surface area (Å²) >= 11 is 11.3. The van der Waals surface area contributed by atoms with Crippen LogP contribution in [0.4, 0.5) is 4.39 Å². The molecule has 0 aliphatic rings. The maximum atomic E-state index is 13.3. The number of hydrogen-bond acceptors (Lipinski definition) is 5. The topological polar surface area (TPSA) is 105 Å². The number of ketones is 1. The number of amides is 2. The molecule has 3 N–H and O–H groups in total. The van der Waals surface area contributed by atoms with Crippen LogP contribution in [0, 0.1) is 5.82 Å². The van der Waals surface area contributed by atoms with E-state index in [0.717, 1.165) is 6.07 Å². The summed E-state index contributed by atoms with van der Waals surface area (Å²) in [5, 5.41) is 15.3. The molecule has 0 aliphatic heterocycles. The normalized spacial score (nSPS) is 11.5. The highest BCUT2D eigenvalue weighted by Crippen LogP contribution is 2.20. The predicted octanol–water partition coefficient (Wildman–Crippen LogP) is 2.77. The molecule has 2 amide bonds. The van der Waals surface area contributed by atoms with Gasteiger partial charge in [0.1, 0.15) is 11.6 Å². The quantitative estimate of drug-likeness (QED) is 0.438. The summed E-state index contributed by atoms with van der Waals surface area (Å²) in [4.78, 5) is 35.6. The van der Waals surface area contributed by atoms with Gasteiger partial charge in [-0.2, -0.15) is 0 Å². The number of halogens is 3. The minimum Gasteiger partial charge on any atom is -0.484 e. The number of ether oxygens (including phenoxy) is 1. The maximum absolute atomic E-state index is 13.3. The highest BCUT2D eigenvalue weighted by Gasteiger charge is 2.13. The van der Waals surface area contributed by atoms with Crippen LogP contribution in [0.25, 0.3) is 0 Å². The van der Waals surface area contributed by atoms with Crippen molar-refractivity contribution in [2.45, 2.75) is 18.9 Å². The first-order chi connectivity index (χ1) is 14.7. The van der Waals surface area contributed by atoms with E-state index >= 15 is 0 Å². The average molecular weight is 471 g/mol. The van der Waals surface area contributed by atoms with Gasteiger partial charge in [0, 0.05) is 23.2 Å². The van der Waals surface area contributed by atoms with E-state index in [9.17, 15) is 23.9 Å². The van der Waals surface area contributed by atoms with Crippen LogP contribution in [-0.4, -0.2) is 48.5 Å². The molecule has 2 rings (SSSR count). The Kier molecular flexibility index (Phi) is 9.71. The minimum atomic E-state index is -1.00. The largest absolute Gasteiger partial charge is 0.484 e. The fourth-order valence-corrected chi connectivity index (χ4v) is 2.69. The van der Waals surface area contributed by atoms with Crippen molar-refractivity contribution in [3.05, 3.63) is 63.9 Å². The minimum absolute atomic E-state index is 0.0517. The van der Waals surface area contributed by atoms with Crippen molar-refractivity contribution in [1.82, 2.24) is 10.6 Å². The molecule has 0 saturated heterocycles. The van der Waals surface area contributed by atoms with E-state index in [1.165, 1.54) is 12.1 Å². The first-order valence-corrected chi connectivity index (χ1v) is 10.1. The third kappa shape index (κ3) is 8.92. The number of nitrogens with one attached hydrogen (secondary N) is 2. The van der Waals surface area contributed by atoms with Gasteiger partial charge in [-0.3, -0.25) is 14.4 Å². The van der Waals surface area contributed by atoms with E-state index in [1.54, 1.807) is 24.3 Å². The third-order valence-corrected chi connectivity index (χ3v) is 4.65. The molecule has 1 atom stereocenters. The molecular weight excluding hydrogens is 450 g/mol. The molecule has 0 saturated carbocycles. The lowest BCUT2D eigenvalue weighted by Gasteiger charge is -2.12. The van der Waals surface area contributed by atoms with Crippen molar-refractivity contribution in [2.75, 3.05) is 19.7 Å². The van der Waals surface area contributed by atoms with E-state index in [4.69, 9.17) is 27.9 Å². The van der Waals surface area contributed by atoms with E-state index in [-0.39, 0.29) is 49.1 Å². The molecule has 2 aromatic rings. The van der Waals surface area contributed by atoms with Crippen molar-refractivity contribution in [3.8, 4) is 5.75 Å². The first kappa shape index (κ1) is 24.6. The molecule has 0 heterocycles. The van der Waals surface area contributed by atoms with Crippen LogP contribution in [0.15, 0.2) is 42.5 Å². The van der Waals surface area contributed by atoms with Gasteiger partial charge in [-0.15, -0.1) is 0 Å². The van der Waals surface area contributed by atoms with Gasteiger partial charge in [-0.25, -0.2) is 4.39 Å². The molecule has 0 radical (unpaired) electrons. The number of carbonyl (C=O) groups excluding carboxylic acids is 3. The third-order valence-electron chi connectivity index (χ3n) is 4.09. The van der Waals surface area contributed by atoms with Gasteiger partial charge in [-0.1, -0.05) is 23.2 Å². The van der Waals surface area contributed by atoms with Crippen molar-refractivity contribution >= 4 is 40.8 Å². The Balaban J connectivity index is 1.61. The summed E-state index contributed by atoms with van der Waals surface area (Å²) < 4.78 is 18.4. The molecule has 7 nitrogen and oxygen atoms in total. The molecule has 166 valence electrons. The SMILES string of the molecule is O=C(COc1ccc(Cl)c(F)c1)NCC[C@H](O)CC(=O)NCC(=O)c1ccc(Cl)cc1. The lowest BCUT2D eigenvalue weighted by atomic mass is 10.1. The lowest BCUT2D eigenvalue weighted by molar-refractivity contribution is -0.123. The smallest absolute Gasteiger partial charge is 0.257 e. The fraction of sp³-hybridized carbons (Fsp3) is 0.286. The van der Waals surface area contributed by atoms with Crippen molar-refractivity contribution < 1.29 is 28.6 Å². The second kappa shape index (κ2) is 12.2. The summed E-state index contributed by atoms with van der Waals surface area (Å²) in [6, 6.07) is 10.1. The Morgan fingerprint density at radius 2 is 1.74 bits per heavy atom. The molecular formula is C21H21Cl2FN2O5. The number of benzene rings is 2. The number of rotatable bonds is 11. The maximum Gasteiger partial charge on any atom is 0.257 e. The van der Waals surface area contributed by atoms with Crippen LogP contribution in [-0.2, 0) is 9.59 Å². The summed E-state index contributed by atoms with van der Waals surface area (Å²) in [7, 11) is 0. The van der Waals surface area contributed by atoms with E-state index in [0.29, 0.717) is 10.6 Å². The molecule has 0 aromatic heterocycles. The molecule has 0 bridgehead atoms. The van der Waals surface area contributed by atoms with Gasteiger partial charge in [0.05, 0.1) is 24.1 Å². The Morgan fingerprint density at radius 1 is 1.03 bits per heavy atom. The zero-order chi connectivity index (χ0) is 22.8. The number of aliphatic hydroxyl groups excluding tert-OH is 1. The summed E-state index contributed by atoms with van der Waals surface area (Å²) in [6.07, 6.45) is -1.10. The van der Waals surface area contributed by atoms with Gasteiger partial charge >= 0.3 is 0 Å². The van der Waals surface area contributed by atoms with Crippen LogP contribution in [0.1, 0.15) is 23.2 Å². The number of hydrogen-bond donors (Lipinski definition) is 3. The molecule has 0 unspecified atom stereocenters. The van der Waals surface area contributed by atoms with E-state index in [1.807, 2.05) is 0 Å². The van der Waals surface area contributed by atoms with Crippen LogP contribution in [0.5, 0.6) is 5.75 Å². The Bertz CT molecular complexity index is 924. The van der Waals surface area contributed by atoms with Crippen molar-refractivity contribution in [3.63, 3.8) is 0 Å². The second-order valence-corrected chi connectivity index (χ2v) is 7.41. The predicted molar refractivity (Wildman–Crippen MR) is 114 cm³/mol. The number of aliphatic hydroxyl groups is 1. The van der Waals surface area contributed by atoms with Gasteiger partial charge in [0.25, 0.3) is 5.91 Å². The van der Waals surface area contributed by atoms with Crippen molar-refractivity contribution in [2.24, 2.45) is 0 Å². The van der Waals surface area contributed by atoms with Crippen LogP contribution in [0.3, 0.4) is 0 Å². The molecule has 0 fully saturated rings. The molecule has 31 heavy (non-hydrogen) atoms. The number of carbonyl (C=O) groups is 3. The fourth-order valence-electron chi connectivity index (χ4n) is 2.45. The number of Topliss-reactive ketones (excluding diaryl/α,β-unsaturated/α-hetero) is 1. The average Bonchev–Trinajstić information content (AvgIpc) is 2.73. The lowest BCUT2D eigenvalue weighted by Crippen LogP contribution is -2.34. The van der Waals surface area contributed by atoms with Gasteiger partial charge in [0.15, 0.2) is 12.4 Å². The standard InChI is InChI=1S/C21H21Cl2FN2O5/c22-14-3-1-13(2-4-14)19(28)11-26-20(29)9-15(27)7-8-25-21(30)12-31-16-5-6-17(23)18(24)10-16/h1-6,10,15,27H,7-9,11-12H2,(H,25,30)(H,26,29)/t15-/m0/s1. The highest BCUT2D eigenvalue weighted by molar-refractivity contribution is 6.31.